The Hall–Kier alpha value is 0.230. The molecule has 0 spiro atoms. The highest BCUT2D eigenvalue weighted by Gasteiger charge is 2.19. The molecule has 0 aliphatic rings. The summed E-state index contributed by atoms with van der Waals surface area (Å²) in [5.41, 5.74) is 0. The van der Waals surface area contributed by atoms with Gasteiger partial charge in [0.1, 0.15) is 0 Å². The summed E-state index contributed by atoms with van der Waals surface area (Å²) in [5, 5.41) is 0. The molecule has 1 nitrogen and oxygen atoms in total. The number of unbranched alkanes of at least 4 members (excludes halogenated alkanes) is 9. The Morgan fingerprint density at radius 1 is 0.500 bits per heavy atom. The van der Waals surface area contributed by atoms with E-state index in [0.717, 1.165) is 31.3 Å². The van der Waals surface area contributed by atoms with Crippen LogP contribution in [0.5, 0.6) is 0 Å². The van der Waals surface area contributed by atoms with Gasteiger partial charge in [0.25, 0.3) is 0 Å². The van der Waals surface area contributed by atoms with Crippen LogP contribution in [-0.4, -0.2) is 18.5 Å². The van der Waals surface area contributed by atoms with Gasteiger partial charge in [-0.3, -0.25) is 0 Å². The second-order valence-electron chi connectivity index (χ2n) is 6.41. The lowest BCUT2D eigenvalue weighted by atomic mass is 10.1. The van der Waals surface area contributed by atoms with Crippen LogP contribution in [0.15, 0.2) is 0 Å². The third-order valence-electron chi connectivity index (χ3n) is 4.26. The maximum atomic E-state index is 12.9. The molecule has 0 fully saturated rings. The van der Waals surface area contributed by atoms with Crippen LogP contribution in [-0.2, 0) is 4.57 Å². The average Bonchev–Trinajstić information content (AvgIpc) is 2.46. The van der Waals surface area contributed by atoms with E-state index < -0.39 is 7.14 Å². The highest BCUT2D eigenvalue weighted by molar-refractivity contribution is 7.63. The first-order chi connectivity index (χ1) is 9.68. The smallest absolute Gasteiger partial charge is 0.0877 e. The minimum absolute atomic E-state index is 1.01. The molecule has 0 N–H and O–H groups in total. The Kier molecular flexibility index (Phi) is 14.3. The topological polar surface area (TPSA) is 17.1 Å². The van der Waals surface area contributed by atoms with Gasteiger partial charge in [-0.1, -0.05) is 78.6 Å². The third kappa shape index (κ3) is 12.0. The van der Waals surface area contributed by atoms with Gasteiger partial charge in [0, 0.05) is 18.5 Å². The first-order valence-corrected chi connectivity index (χ1v) is 11.5. The van der Waals surface area contributed by atoms with Crippen LogP contribution in [0.2, 0.25) is 0 Å². The lowest BCUT2D eigenvalue weighted by Crippen LogP contribution is -2.01. The maximum Gasteiger partial charge on any atom is 0.0877 e. The van der Waals surface area contributed by atoms with Crippen LogP contribution in [0, 0.1) is 0 Å². The zero-order chi connectivity index (χ0) is 15.1. The summed E-state index contributed by atoms with van der Waals surface area (Å²) in [7, 11) is -1.82. The molecule has 2 heteroatoms. The molecule has 0 unspecified atom stereocenters. The van der Waals surface area contributed by atoms with Gasteiger partial charge in [-0.15, -0.1) is 0 Å². The second-order valence-corrected chi connectivity index (χ2v) is 9.87. The molecule has 0 rings (SSSR count). The van der Waals surface area contributed by atoms with Crippen molar-refractivity contribution in [3.63, 3.8) is 0 Å². The van der Waals surface area contributed by atoms with Crippen molar-refractivity contribution in [1.82, 2.24) is 0 Å². The standard InChI is InChI=1S/C18H39OP/c1-4-7-10-11-12-13-14-15-18-20(19,16-8-5-2)17-9-6-3/h4-18H2,1-3H3. The predicted molar refractivity (Wildman–Crippen MR) is 94.6 cm³/mol. The van der Waals surface area contributed by atoms with Gasteiger partial charge in [-0.25, -0.2) is 0 Å². The minimum Gasteiger partial charge on any atom is -0.324 e. The molecule has 0 saturated carbocycles. The van der Waals surface area contributed by atoms with Crippen LogP contribution in [0.3, 0.4) is 0 Å². The van der Waals surface area contributed by atoms with Crippen molar-refractivity contribution in [2.24, 2.45) is 0 Å². The van der Waals surface area contributed by atoms with Gasteiger partial charge < -0.3 is 4.57 Å². The SMILES string of the molecule is CCCCCCCCCCP(=O)(CCCC)CCCC. The van der Waals surface area contributed by atoms with E-state index in [9.17, 15) is 4.57 Å². The Labute approximate surface area is 128 Å². The number of hydrogen-bond donors (Lipinski definition) is 0. The highest BCUT2D eigenvalue weighted by Crippen LogP contribution is 2.48. The molecule has 0 aromatic heterocycles. The molecule has 0 amide bonds. The van der Waals surface area contributed by atoms with Crippen molar-refractivity contribution in [3.8, 4) is 0 Å². The van der Waals surface area contributed by atoms with Crippen molar-refractivity contribution in [1.29, 1.82) is 0 Å². The summed E-state index contributed by atoms with van der Waals surface area (Å²) in [5.74, 6) is 0. The molecule has 0 aliphatic carbocycles. The third-order valence-corrected chi connectivity index (χ3v) is 7.65. The lowest BCUT2D eigenvalue weighted by molar-refractivity contribution is 0.559. The van der Waals surface area contributed by atoms with E-state index in [4.69, 9.17) is 0 Å². The molecule has 0 aliphatic heterocycles. The van der Waals surface area contributed by atoms with Crippen LogP contribution in [0.25, 0.3) is 0 Å². The Morgan fingerprint density at radius 2 is 0.850 bits per heavy atom. The summed E-state index contributed by atoms with van der Waals surface area (Å²) < 4.78 is 12.9. The molecular weight excluding hydrogens is 263 g/mol. The summed E-state index contributed by atoms with van der Waals surface area (Å²) in [6.07, 6.45) is 18.5. The van der Waals surface area contributed by atoms with E-state index in [2.05, 4.69) is 20.8 Å². The van der Waals surface area contributed by atoms with Crippen LogP contribution < -0.4 is 0 Å². The Bertz CT molecular complexity index is 226. The quantitative estimate of drug-likeness (QED) is 0.233. The first-order valence-electron chi connectivity index (χ1n) is 9.25. The van der Waals surface area contributed by atoms with Crippen molar-refractivity contribution in [2.45, 2.75) is 97.8 Å². The van der Waals surface area contributed by atoms with Crippen LogP contribution in [0.4, 0.5) is 0 Å². The van der Waals surface area contributed by atoms with Gasteiger partial charge in [0.2, 0.25) is 0 Å². The van der Waals surface area contributed by atoms with Crippen molar-refractivity contribution in [2.75, 3.05) is 18.5 Å². The molecule has 20 heavy (non-hydrogen) atoms. The Morgan fingerprint density at radius 3 is 1.30 bits per heavy atom. The van der Waals surface area contributed by atoms with E-state index in [-0.39, 0.29) is 0 Å². The van der Waals surface area contributed by atoms with E-state index in [0.29, 0.717) is 0 Å². The number of rotatable bonds is 15. The van der Waals surface area contributed by atoms with Crippen molar-refractivity contribution >= 4 is 7.14 Å². The van der Waals surface area contributed by atoms with Crippen LogP contribution >= 0.6 is 7.14 Å². The molecule has 0 radical (unpaired) electrons. The fourth-order valence-corrected chi connectivity index (χ4v) is 6.02. The van der Waals surface area contributed by atoms with Crippen LogP contribution in [0.1, 0.15) is 97.8 Å². The molecule has 0 bridgehead atoms. The van der Waals surface area contributed by atoms with Gasteiger partial charge in [-0.2, -0.15) is 0 Å². The number of hydrogen-bond acceptors (Lipinski definition) is 1. The summed E-state index contributed by atoms with van der Waals surface area (Å²) >= 11 is 0. The van der Waals surface area contributed by atoms with E-state index in [1.165, 1.54) is 64.2 Å². The molecule has 0 aromatic carbocycles. The summed E-state index contributed by atoms with van der Waals surface area (Å²) in [4.78, 5) is 0. The van der Waals surface area contributed by atoms with E-state index in [1.54, 1.807) is 0 Å². The molecule has 122 valence electrons. The maximum absolute atomic E-state index is 12.9. The zero-order valence-corrected chi connectivity index (χ0v) is 15.4. The van der Waals surface area contributed by atoms with Gasteiger partial charge >= 0.3 is 0 Å². The molecule has 0 heterocycles. The lowest BCUT2D eigenvalue weighted by Gasteiger charge is -2.17. The fourth-order valence-electron chi connectivity index (χ4n) is 2.76. The monoisotopic (exact) mass is 302 g/mol. The summed E-state index contributed by atoms with van der Waals surface area (Å²) in [6, 6.07) is 0. The van der Waals surface area contributed by atoms with E-state index in [1.807, 2.05) is 0 Å². The molecular formula is C18H39OP. The second kappa shape index (κ2) is 14.2. The normalized spacial score (nSPS) is 11.9. The largest absolute Gasteiger partial charge is 0.324 e. The highest BCUT2D eigenvalue weighted by atomic mass is 31.2. The zero-order valence-electron chi connectivity index (χ0n) is 14.5. The van der Waals surface area contributed by atoms with Crippen molar-refractivity contribution in [3.05, 3.63) is 0 Å². The van der Waals surface area contributed by atoms with Crippen molar-refractivity contribution < 1.29 is 4.57 Å². The minimum atomic E-state index is -1.82. The van der Waals surface area contributed by atoms with Gasteiger partial charge in [0.05, 0.1) is 7.14 Å². The predicted octanol–water partition coefficient (Wildman–Crippen LogP) is 7.09. The summed E-state index contributed by atoms with van der Waals surface area (Å²) in [6.45, 7) is 6.69. The average molecular weight is 302 g/mol. The first kappa shape index (κ1) is 20.2. The molecule has 0 atom stereocenters. The van der Waals surface area contributed by atoms with Gasteiger partial charge in [-0.05, 0) is 19.3 Å². The molecule has 0 saturated heterocycles. The van der Waals surface area contributed by atoms with E-state index >= 15 is 0 Å². The fraction of sp³-hybridized carbons (Fsp3) is 1.00. The Balaban J connectivity index is 3.70. The molecule has 0 aromatic rings. The van der Waals surface area contributed by atoms with Gasteiger partial charge in [0.15, 0.2) is 0 Å².